The van der Waals surface area contributed by atoms with E-state index >= 15 is 0 Å². The fourth-order valence-electron chi connectivity index (χ4n) is 4.27. The Balaban J connectivity index is 1.22. The molecule has 0 saturated carbocycles. The zero-order valence-electron chi connectivity index (χ0n) is 21.3. The summed E-state index contributed by atoms with van der Waals surface area (Å²) in [6.07, 6.45) is 3.05. The highest BCUT2D eigenvalue weighted by Gasteiger charge is 2.20. The third kappa shape index (κ3) is 8.92. The first kappa shape index (κ1) is 29.3. The number of guanidine groups is 1. The number of nitrogen functional groups attached to an aromatic ring is 1. The van der Waals surface area contributed by atoms with Crippen molar-refractivity contribution >= 4 is 69.3 Å². The second-order valence-corrected chi connectivity index (χ2v) is 11.5. The monoisotopic (exact) mass is 680 g/mol. The van der Waals surface area contributed by atoms with Crippen molar-refractivity contribution in [1.29, 1.82) is 0 Å². The number of aromatic nitrogens is 2. The van der Waals surface area contributed by atoms with Crippen molar-refractivity contribution in [3.05, 3.63) is 79.1 Å². The normalized spacial score (nSPS) is 14.8. The predicted octanol–water partition coefficient (Wildman–Crippen LogP) is 4.58. The van der Waals surface area contributed by atoms with Crippen LogP contribution in [0.4, 0.5) is 11.6 Å². The molecule has 2 aromatic carbocycles. The van der Waals surface area contributed by atoms with Gasteiger partial charge in [-0.2, -0.15) is 0 Å². The molecule has 9 nitrogen and oxygen atoms in total. The van der Waals surface area contributed by atoms with E-state index in [2.05, 4.69) is 65.2 Å². The molecule has 0 bridgehead atoms. The number of halogens is 3. The molecule has 0 spiro atoms. The number of hydrogen-bond donors (Lipinski definition) is 4. The van der Waals surface area contributed by atoms with E-state index in [1.165, 1.54) is 5.56 Å². The van der Waals surface area contributed by atoms with Gasteiger partial charge in [0.05, 0.1) is 0 Å². The van der Waals surface area contributed by atoms with Crippen molar-refractivity contribution in [2.24, 2.45) is 16.6 Å². The Bertz CT molecular complexity index is 1300. The van der Waals surface area contributed by atoms with E-state index in [-0.39, 0.29) is 22.6 Å². The Morgan fingerprint density at radius 2 is 1.72 bits per heavy atom. The van der Waals surface area contributed by atoms with E-state index in [9.17, 15) is 4.79 Å². The fraction of sp³-hybridized carbons (Fsp3) is 0.333. The lowest BCUT2D eigenvalue weighted by Gasteiger charge is -2.31. The molecule has 3 aromatic rings. The lowest BCUT2D eigenvalue weighted by molar-refractivity contribution is 0.0972. The minimum Gasteiger partial charge on any atom is -0.382 e. The fourth-order valence-corrected chi connectivity index (χ4v) is 4.95. The van der Waals surface area contributed by atoms with Gasteiger partial charge >= 0.3 is 0 Å². The number of nitrogens with zero attached hydrogens (tertiary/aromatic N) is 4. The summed E-state index contributed by atoms with van der Waals surface area (Å²) in [5, 5.41) is 6.44. The van der Waals surface area contributed by atoms with Gasteiger partial charge in [0.25, 0.3) is 5.91 Å². The highest BCUT2D eigenvalue weighted by molar-refractivity contribution is 14.1. The number of nitrogens with one attached hydrogen (secondary N) is 2. The summed E-state index contributed by atoms with van der Waals surface area (Å²) in [7, 11) is 0. The van der Waals surface area contributed by atoms with Crippen molar-refractivity contribution in [2.75, 3.05) is 37.2 Å². The van der Waals surface area contributed by atoms with Gasteiger partial charge in [-0.25, -0.2) is 9.97 Å². The van der Waals surface area contributed by atoms with Crippen LogP contribution in [-0.4, -0.2) is 52.9 Å². The molecule has 1 aliphatic heterocycles. The molecule has 1 aromatic heterocycles. The first-order valence-corrected chi connectivity index (χ1v) is 14.5. The molecular formula is C27H31Cl2IN8O. The van der Waals surface area contributed by atoms with Crippen LogP contribution >= 0.6 is 45.8 Å². The average molecular weight is 681 g/mol. The number of piperidine rings is 1. The molecule has 1 amide bonds. The number of amides is 1. The Morgan fingerprint density at radius 1 is 1.05 bits per heavy atom. The quantitative estimate of drug-likeness (QED) is 0.148. The summed E-state index contributed by atoms with van der Waals surface area (Å²) in [4.78, 5) is 27.9. The van der Waals surface area contributed by atoms with E-state index in [4.69, 9.17) is 34.7 Å². The zero-order chi connectivity index (χ0) is 27.8. The summed E-state index contributed by atoms with van der Waals surface area (Å²) in [5.41, 5.74) is 14.2. The maximum Gasteiger partial charge on any atom is 0.280 e. The maximum atomic E-state index is 12.7. The highest BCUT2D eigenvalue weighted by Crippen LogP contribution is 2.22. The third-order valence-corrected chi connectivity index (χ3v) is 7.80. The number of likely N-dealkylation sites (tertiary alicyclic amines) is 1. The number of nitrogens with two attached hydrogens (primary N) is 2. The third-order valence-electron chi connectivity index (χ3n) is 6.57. The van der Waals surface area contributed by atoms with Crippen LogP contribution in [0.3, 0.4) is 0 Å². The van der Waals surface area contributed by atoms with Crippen molar-refractivity contribution in [3.63, 3.8) is 0 Å². The van der Waals surface area contributed by atoms with Gasteiger partial charge in [0.15, 0.2) is 28.4 Å². The topological polar surface area (TPSA) is 135 Å². The second kappa shape index (κ2) is 14.1. The molecule has 6 N–H and O–H groups in total. The van der Waals surface area contributed by atoms with Crippen LogP contribution in [-0.2, 0) is 13.0 Å². The molecule has 0 unspecified atom stereocenters. The van der Waals surface area contributed by atoms with Gasteiger partial charge < -0.3 is 21.7 Å². The average Bonchev–Trinajstić information content (AvgIpc) is 2.93. The van der Waals surface area contributed by atoms with Gasteiger partial charge in [0.2, 0.25) is 0 Å². The number of rotatable bonds is 9. The van der Waals surface area contributed by atoms with Crippen molar-refractivity contribution < 1.29 is 4.79 Å². The highest BCUT2D eigenvalue weighted by atomic mass is 127. The Kier molecular flexibility index (Phi) is 10.6. The molecule has 2 heterocycles. The molecule has 0 aliphatic carbocycles. The van der Waals surface area contributed by atoms with Crippen LogP contribution in [0.2, 0.25) is 10.2 Å². The molecule has 39 heavy (non-hydrogen) atoms. The first-order chi connectivity index (χ1) is 18.8. The van der Waals surface area contributed by atoms with Gasteiger partial charge in [-0.15, -0.1) is 0 Å². The predicted molar refractivity (Wildman–Crippen MR) is 166 cm³/mol. The lowest BCUT2D eigenvalue weighted by Crippen LogP contribution is -2.39. The molecule has 0 atom stereocenters. The molecule has 1 saturated heterocycles. The van der Waals surface area contributed by atoms with Gasteiger partial charge in [-0.05, 0) is 96.3 Å². The SMILES string of the molecule is NC(=NCC1CCN(CCc2ccc(Cl)cc2)CC1)NC(=O)c1nc(Cl)c(NCc2ccc(I)cc2)nc1N. The van der Waals surface area contributed by atoms with E-state index < -0.39 is 5.91 Å². The largest absolute Gasteiger partial charge is 0.382 e. The Morgan fingerprint density at radius 3 is 2.41 bits per heavy atom. The summed E-state index contributed by atoms with van der Waals surface area (Å²) < 4.78 is 1.14. The van der Waals surface area contributed by atoms with Crippen LogP contribution < -0.4 is 22.1 Å². The molecule has 4 rings (SSSR count). The Hall–Kier alpha value is -2.67. The van der Waals surface area contributed by atoms with E-state index in [0.717, 1.165) is 53.1 Å². The first-order valence-electron chi connectivity index (χ1n) is 12.7. The summed E-state index contributed by atoms with van der Waals surface area (Å²) in [6.45, 7) is 4.06. The van der Waals surface area contributed by atoms with E-state index in [1.807, 2.05) is 36.4 Å². The number of carbonyl (C=O) groups is 1. The summed E-state index contributed by atoms with van der Waals surface area (Å²) in [5.74, 6) is 0.0592. The van der Waals surface area contributed by atoms with Crippen LogP contribution in [0.1, 0.15) is 34.5 Å². The smallest absolute Gasteiger partial charge is 0.280 e. The van der Waals surface area contributed by atoms with Crippen molar-refractivity contribution in [2.45, 2.75) is 25.8 Å². The molecular weight excluding hydrogens is 650 g/mol. The zero-order valence-corrected chi connectivity index (χ0v) is 25.0. The molecule has 1 aliphatic rings. The number of carbonyl (C=O) groups excluding carboxylic acids is 1. The number of anilines is 2. The van der Waals surface area contributed by atoms with Crippen LogP contribution in [0.15, 0.2) is 53.5 Å². The number of hydrogen-bond acceptors (Lipinski definition) is 7. The van der Waals surface area contributed by atoms with Crippen molar-refractivity contribution in [1.82, 2.24) is 20.2 Å². The van der Waals surface area contributed by atoms with E-state index in [0.29, 0.717) is 24.8 Å². The summed E-state index contributed by atoms with van der Waals surface area (Å²) in [6, 6.07) is 16.0. The van der Waals surface area contributed by atoms with Crippen molar-refractivity contribution in [3.8, 4) is 0 Å². The summed E-state index contributed by atoms with van der Waals surface area (Å²) >= 11 is 14.5. The minimum absolute atomic E-state index is 0.0170. The molecule has 206 valence electrons. The molecule has 12 heteroatoms. The Labute approximate surface area is 251 Å². The standard InChI is InChI=1S/C27H31Cl2IN8O/c28-20-5-1-17(2-6-20)9-12-38-13-10-19(11-14-38)16-34-27(32)37-26(39)22-24(31)36-25(23(29)35-22)33-15-18-3-7-21(30)8-4-18/h1-8,19H,9-16H2,(H3,31,33,36)(H3,32,34,37,39). The van der Waals surface area contributed by atoms with Crippen LogP contribution in [0, 0.1) is 9.49 Å². The second-order valence-electron chi connectivity index (χ2n) is 9.42. The molecule has 0 radical (unpaired) electrons. The van der Waals surface area contributed by atoms with Crippen LogP contribution in [0.5, 0.6) is 0 Å². The van der Waals surface area contributed by atoms with Crippen LogP contribution in [0.25, 0.3) is 0 Å². The molecule has 1 fully saturated rings. The van der Waals surface area contributed by atoms with Gasteiger partial charge in [-0.3, -0.25) is 15.1 Å². The number of aliphatic imine (C=N–C) groups is 1. The number of benzene rings is 2. The van der Waals surface area contributed by atoms with Gasteiger partial charge in [-0.1, -0.05) is 47.5 Å². The van der Waals surface area contributed by atoms with Gasteiger partial charge in [0, 0.05) is 28.2 Å². The maximum absolute atomic E-state index is 12.7. The van der Waals surface area contributed by atoms with Gasteiger partial charge in [0.1, 0.15) is 0 Å². The lowest BCUT2D eigenvalue weighted by atomic mass is 9.96. The minimum atomic E-state index is -0.607. The van der Waals surface area contributed by atoms with E-state index in [1.54, 1.807) is 0 Å².